The first-order chi connectivity index (χ1) is 15.5. The van der Waals surface area contributed by atoms with Gasteiger partial charge in [0.1, 0.15) is 0 Å². The number of pyridine rings is 1. The number of hydrogen-bond acceptors (Lipinski definition) is 6. The number of rotatable bonds is 7. The van der Waals surface area contributed by atoms with Gasteiger partial charge in [-0.3, -0.25) is 0 Å². The third-order valence-corrected chi connectivity index (χ3v) is 5.04. The van der Waals surface area contributed by atoms with Crippen molar-refractivity contribution < 1.29 is 27.4 Å². The lowest BCUT2D eigenvalue weighted by Gasteiger charge is -2.34. The van der Waals surface area contributed by atoms with Gasteiger partial charge in [0.25, 0.3) is 0 Å². The Morgan fingerprint density at radius 1 is 1.21 bits per heavy atom. The molecule has 0 amide bonds. The summed E-state index contributed by atoms with van der Waals surface area (Å²) in [6, 6.07) is 6.94. The molecule has 1 aliphatic heterocycles. The van der Waals surface area contributed by atoms with Crippen molar-refractivity contribution in [2.75, 3.05) is 32.6 Å². The van der Waals surface area contributed by atoms with E-state index in [1.54, 1.807) is 26.8 Å². The molecule has 0 bridgehead atoms. The number of aromatic nitrogens is 1. The summed E-state index contributed by atoms with van der Waals surface area (Å²) in [5, 5.41) is 3.23. The third kappa shape index (κ3) is 5.30. The van der Waals surface area contributed by atoms with Crippen LogP contribution in [0.15, 0.2) is 47.8 Å². The molecule has 0 spiro atoms. The van der Waals surface area contributed by atoms with E-state index < -0.39 is 23.6 Å². The number of likely N-dealkylation sites (N-methyl/N-ethyl adjacent to an activating group) is 1. The molecule has 0 aliphatic carbocycles. The monoisotopic (exact) mass is 463 g/mol. The molecule has 1 aromatic heterocycles. The van der Waals surface area contributed by atoms with E-state index in [4.69, 9.17) is 9.47 Å². The predicted molar refractivity (Wildman–Crippen MR) is 119 cm³/mol. The van der Waals surface area contributed by atoms with Gasteiger partial charge < -0.3 is 19.7 Å². The lowest BCUT2D eigenvalue weighted by atomic mass is 9.79. The van der Waals surface area contributed by atoms with Crippen LogP contribution in [-0.2, 0) is 15.7 Å². The van der Waals surface area contributed by atoms with Crippen molar-refractivity contribution in [3.8, 4) is 5.88 Å². The lowest BCUT2D eigenvalue weighted by Crippen LogP contribution is -2.32. The Morgan fingerprint density at radius 2 is 1.91 bits per heavy atom. The van der Waals surface area contributed by atoms with Gasteiger partial charge in [-0.1, -0.05) is 18.2 Å². The van der Waals surface area contributed by atoms with Gasteiger partial charge in [-0.25, -0.2) is 9.78 Å². The number of halogens is 3. The molecule has 0 saturated carbocycles. The molecule has 1 aliphatic rings. The fourth-order valence-electron chi connectivity index (χ4n) is 3.92. The number of fused-ring (bicyclic) bond motifs is 1. The number of carbonyl (C=O) groups is 1. The molecule has 1 atom stereocenters. The summed E-state index contributed by atoms with van der Waals surface area (Å²) in [5.74, 6) is -1.60. The van der Waals surface area contributed by atoms with Gasteiger partial charge in [-0.05, 0) is 52.6 Å². The first kappa shape index (κ1) is 24.6. The van der Waals surface area contributed by atoms with E-state index in [0.29, 0.717) is 23.5 Å². The van der Waals surface area contributed by atoms with Gasteiger partial charge in [0.15, 0.2) is 0 Å². The summed E-state index contributed by atoms with van der Waals surface area (Å²) < 4.78 is 53.4. The van der Waals surface area contributed by atoms with Crippen molar-refractivity contribution in [3.63, 3.8) is 0 Å². The van der Waals surface area contributed by atoms with Crippen LogP contribution < -0.4 is 10.1 Å². The number of carbonyl (C=O) groups excluding carboxylic acids is 1. The Labute approximate surface area is 191 Å². The second-order valence-electron chi connectivity index (χ2n) is 8.24. The molecule has 0 saturated heterocycles. The van der Waals surface area contributed by atoms with Gasteiger partial charge in [0.2, 0.25) is 5.88 Å². The fourth-order valence-corrected chi connectivity index (χ4v) is 3.92. The van der Waals surface area contributed by atoms with Crippen LogP contribution in [0.3, 0.4) is 0 Å². The number of ether oxygens (including phenoxy) is 2. The molecule has 1 N–H and O–H groups in total. The average molecular weight is 464 g/mol. The Bertz CT molecular complexity index is 1050. The summed E-state index contributed by atoms with van der Waals surface area (Å²) in [6.45, 7) is 5.63. The van der Waals surface area contributed by atoms with E-state index >= 15 is 0 Å². The Kier molecular flexibility index (Phi) is 7.31. The number of nitrogens with one attached hydrogen (secondary N) is 1. The Balaban J connectivity index is 2.38. The minimum atomic E-state index is -4.62. The number of alkyl halides is 3. The van der Waals surface area contributed by atoms with Crippen molar-refractivity contribution in [2.24, 2.45) is 0 Å². The largest absolute Gasteiger partial charge is 0.475 e. The van der Waals surface area contributed by atoms with E-state index in [0.717, 1.165) is 6.07 Å². The van der Waals surface area contributed by atoms with Crippen LogP contribution in [0.2, 0.25) is 0 Å². The first-order valence-corrected chi connectivity index (χ1v) is 10.7. The van der Waals surface area contributed by atoms with E-state index in [-0.39, 0.29) is 29.7 Å². The van der Waals surface area contributed by atoms with E-state index in [1.807, 2.05) is 19.0 Å². The highest BCUT2D eigenvalue weighted by molar-refractivity contribution is 5.95. The van der Waals surface area contributed by atoms with E-state index in [1.165, 1.54) is 24.4 Å². The number of esters is 1. The van der Waals surface area contributed by atoms with Crippen LogP contribution in [0.5, 0.6) is 5.88 Å². The van der Waals surface area contributed by atoms with E-state index in [2.05, 4.69) is 10.3 Å². The molecule has 2 aromatic rings. The molecular weight excluding hydrogens is 435 g/mol. The highest BCUT2D eigenvalue weighted by Crippen LogP contribution is 2.49. The highest BCUT2D eigenvalue weighted by Gasteiger charge is 2.42. The molecule has 1 aromatic carbocycles. The molecule has 0 radical (unpaired) electrons. The third-order valence-electron chi connectivity index (χ3n) is 5.04. The minimum Gasteiger partial charge on any atom is -0.475 e. The van der Waals surface area contributed by atoms with Crippen LogP contribution in [-0.4, -0.2) is 49.2 Å². The van der Waals surface area contributed by atoms with Crippen LogP contribution in [0.25, 0.3) is 0 Å². The molecule has 178 valence electrons. The number of hydrogen-bond donors (Lipinski definition) is 1. The molecule has 0 fully saturated rings. The molecule has 9 heteroatoms. The maximum absolute atomic E-state index is 14.1. The van der Waals surface area contributed by atoms with Crippen LogP contribution >= 0.6 is 0 Å². The lowest BCUT2D eigenvalue weighted by molar-refractivity contribution is -0.140. The smallest absolute Gasteiger partial charge is 0.416 e. The zero-order valence-corrected chi connectivity index (χ0v) is 19.3. The normalized spacial score (nSPS) is 16.0. The van der Waals surface area contributed by atoms with Gasteiger partial charge in [-0.2, -0.15) is 13.2 Å². The summed E-state index contributed by atoms with van der Waals surface area (Å²) in [5.41, 5.74) is 0.592. The number of anilines is 1. The van der Waals surface area contributed by atoms with Gasteiger partial charge >= 0.3 is 12.1 Å². The first-order valence-electron chi connectivity index (χ1n) is 10.7. The van der Waals surface area contributed by atoms with Gasteiger partial charge in [0, 0.05) is 29.7 Å². The van der Waals surface area contributed by atoms with Crippen molar-refractivity contribution in [3.05, 3.63) is 64.5 Å². The number of benzene rings is 1. The molecule has 33 heavy (non-hydrogen) atoms. The van der Waals surface area contributed by atoms with Crippen molar-refractivity contribution in [2.45, 2.75) is 39.0 Å². The van der Waals surface area contributed by atoms with Crippen molar-refractivity contribution in [1.82, 2.24) is 9.88 Å². The zero-order chi connectivity index (χ0) is 24.3. The second-order valence-corrected chi connectivity index (χ2v) is 8.24. The highest BCUT2D eigenvalue weighted by atomic mass is 19.4. The number of nitrogens with zero attached hydrogens (tertiary/aromatic N) is 2. The van der Waals surface area contributed by atoms with Gasteiger partial charge in [0.05, 0.1) is 29.8 Å². The maximum atomic E-state index is 14.1. The molecule has 1 unspecified atom stereocenters. The Hall–Kier alpha value is -3.07. The quantitative estimate of drug-likeness (QED) is 0.594. The zero-order valence-electron chi connectivity index (χ0n) is 19.3. The maximum Gasteiger partial charge on any atom is 0.416 e. The summed E-state index contributed by atoms with van der Waals surface area (Å²) in [4.78, 5) is 19.3. The predicted octanol–water partition coefficient (Wildman–Crippen LogP) is 4.82. The molecular formula is C24H28F3N3O3. The fraction of sp³-hybridized carbons (Fsp3) is 0.417. The van der Waals surface area contributed by atoms with Crippen LogP contribution in [0, 0.1) is 0 Å². The average Bonchev–Trinajstić information content (AvgIpc) is 2.71. The summed E-state index contributed by atoms with van der Waals surface area (Å²) >= 11 is 0. The van der Waals surface area contributed by atoms with Crippen molar-refractivity contribution in [1.29, 1.82) is 0 Å². The van der Waals surface area contributed by atoms with Crippen LogP contribution in [0.1, 0.15) is 43.4 Å². The topological polar surface area (TPSA) is 63.7 Å². The molecule has 6 nitrogen and oxygen atoms in total. The summed E-state index contributed by atoms with van der Waals surface area (Å²) in [7, 11) is 3.62. The molecule has 3 rings (SSSR count). The van der Waals surface area contributed by atoms with Crippen LogP contribution in [0.4, 0.5) is 18.9 Å². The molecule has 2 heterocycles. The van der Waals surface area contributed by atoms with E-state index in [9.17, 15) is 18.0 Å². The minimum absolute atomic E-state index is 0.0614. The Morgan fingerprint density at radius 3 is 2.52 bits per heavy atom. The second kappa shape index (κ2) is 9.82. The summed E-state index contributed by atoms with van der Waals surface area (Å²) in [6.07, 6.45) is -3.37. The SMILES string of the molecule is CCOC(=O)C1=C(CN(C)C)Nc2ccnc(OC(C)C)c2C1c1ccccc1C(F)(F)F. The van der Waals surface area contributed by atoms with Gasteiger partial charge in [-0.15, -0.1) is 0 Å². The van der Waals surface area contributed by atoms with Crippen molar-refractivity contribution >= 4 is 11.7 Å². The standard InChI is InChI=1S/C24H28F3N3O3/c1-6-32-23(31)21-18(13-30(4)5)29-17-11-12-28-22(33-14(2)3)20(17)19(21)15-9-7-8-10-16(15)24(25,26)27/h7-12,14,19,29H,6,13H2,1-5H3.